The van der Waals surface area contributed by atoms with Crippen molar-refractivity contribution in [1.82, 2.24) is 0 Å². The van der Waals surface area contributed by atoms with E-state index in [2.05, 4.69) is 116 Å². The van der Waals surface area contributed by atoms with E-state index in [0.717, 1.165) is 0 Å². The number of benzene rings is 2. The van der Waals surface area contributed by atoms with Crippen LogP contribution in [-0.4, -0.2) is 0 Å². The molecular weight excluding hydrogens is 709 g/mol. The average molecular weight is 807 g/mol. The van der Waals surface area contributed by atoms with E-state index < -0.39 is 0 Å². The first-order chi connectivity index (χ1) is 28.6. The van der Waals surface area contributed by atoms with Crippen molar-refractivity contribution in [3.05, 3.63) is 106 Å². The standard InChI is InChI=1S/C57H92.C2H6/c1-10-11-12-13-14-15-16-17-18-19-20-21-22-23-24-25-26-31-51-39-41-52(42-40-51)50(9)57(36-27-30-47(6)55-34-28-32-53(43-55)45(2)3)49(8)38-37-48(7)56-35-29-33-54(44-56)46(4)5;1-2/h28-29,32-35,39,41,43-49,57H,9-27,30-31,36-38,40,42H2,1-8H3;1-2H3. The van der Waals surface area contributed by atoms with Crippen molar-refractivity contribution in [2.24, 2.45) is 11.8 Å². The molecule has 0 N–H and O–H groups in total. The summed E-state index contributed by atoms with van der Waals surface area (Å²) in [5.41, 5.74) is 10.6. The van der Waals surface area contributed by atoms with Crippen LogP contribution < -0.4 is 0 Å². The van der Waals surface area contributed by atoms with E-state index in [1.807, 2.05) is 13.8 Å². The predicted octanol–water partition coefficient (Wildman–Crippen LogP) is 20.3. The summed E-state index contributed by atoms with van der Waals surface area (Å²) in [6.07, 6.45) is 39.4. The van der Waals surface area contributed by atoms with Gasteiger partial charge in [0, 0.05) is 0 Å². The second-order valence-electron chi connectivity index (χ2n) is 19.5. The molecule has 0 fully saturated rings. The molecule has 0 heterocycles. The summed E-state index contributed by atoms with van der Waals surface area (Å²) in [7, 11) is 0. The Morgan fingerprint density at radius 1 is 0.492 bits per heavy atom. The zero-order chi connectivity index (χ0) is 43.3. The van der Waals surface area contributed by atoms with E-state index in [0.29, 0.717) is 35.5 Å². The van der Waals surface area contributed by atoms with Gasteiger partial charge >= 0.3 is 0 Å². The van der Waals surface area contributed by atoms with Crippen LogP contribution in [0.15, 0.2) is 84.0 Å². The van der Waals surface area contributed by atoms with Crippen LogP contribution in [0.2, 0.25) is 0 Å². The van der Waals surface area contributed by atoms with Crippen molar-refractivity contribution >= 4 is 0 Å². The Bertz CT molecular complexity index is 1420. The number of rotatable bonds is 32. The van der Waals surface area contributed by atoms with Crippen LogP contribution in [0.5, 0.6) is 0 Å². The van der Waals surface area contributed by atoms with E-state index in [-0.39, 0.29) is 0 Å². The average Bonchev–Trinajstić information content (AvgIpc) is 3.26. The van der Waals surface area contributed by atoms with Crippen LogP contribution >= 0.6 is 0 Å². The van der Waals surface area contributed by atoms with Crippen molar-refractivity contribution in [2.75, 3.05) is 0 Å². The minimum Gasteiger partial charge on any atom is -0.0953 e. The number of hydrogen-bond donors (Lipinski definition) is 0. The van der Waals surface area contributed by atoms with Gasteiger partial charge in [0.15, 0.2) is 0 Å². The zero-order valence-corrected chi connectivity index (χ0v) is 41.1. The van der Waals surface area contributed by atoms with E-state index in [1.165, 1.54) is 194 Å². The van der Waals surface area contributed by atoms with Crippen LogP contribution in [0.4, 0.5) is 0 Å². The van der Waals surface area contributed by atoms with E-state index in [4.69, 9.17) is 6.58 Å². The second-order valence-corrected chi connectivity index (χ2v) is 19.5. The topological polar surface area (TPSA) is 0 Å². The van der Waals surface area contributed by atoms with Gasteiger partial charge in [-0.25, -0.2) is 0 Å². The third kappa shape index (κ3) is 21.8. The Morgan fingerprint density at radius 2 is 0.932 bits per heavy atom. The van der Waals surface area contributed by atoms with Crippen molar-refractivity contribution in [3.63, 3.8) is 0 Å². The number of hydrogen-bond acceptors (Lipinski definition) is 0. The Kier molecular flexibility index (Phi) is 29.0. The zero-order valence-electron chi connectivity index (χ0n) is 41.1. The predicted molar refractivity (Wildman–Crippen MR) is 268 cm³/mol. The van der Waals surface area contributed by atoms with Gasteiger partial charge in [0.2, 0.25) is 0 Å². The summed E-state index contributed by atoms with van der Waals surface area (Å²) >= 11 is 0. The van der Waals surface area contributed by atoms with Crippen LogP contribution in [0.3, 0.4) is 0 Å². The van der Waals surface area contributed by atoms with E-state index >= 15 is 0 Å². The smallest absolute Gasteiger partial charge is 0.0139 e. The number of allylic oxidation sites excluding steroid dienone is 5. The molecule has 0 saturated carbocycles. The molecule has 2 aromatic rings. The molecule has 1 aliphatic rings. The molecule has 4 atom stereocenters. The summed E-state index contributed by atoms with van der Waals surface area (Å²) < 4.78 is 0. The van der Waals surface area contributed by atoms with Gasteiger partial charge in [-0.15, -0.1) is 0 Å². The molecular formula is C59H98. The molecule has 0 radical (unpaired) electrons. The first-order valence-electron chi connectivity index (χ1n) is 25.9. The summed E-state index contributed by atoms with van der Waals surface area (Å²) in [5, 5.41) is 0. The van der Waals surface area contributed by atoms with Gasteiger partial charge < -0.3 is 0 Å². The fourth-order valence-electron chi connectivity index (χ4n) is 9.41. The quantitative estimate of drug-likeness (QED) is 0.0646. The Labute approximate surface area is 370 Å². The van der Waals surface area contributed by atoms with Gasteiger partial charge in [-0.1, -0.05) is 251 Å². The molecule has 334 valence electrons. The third-order valence-corrected chi connectivity index (χ3v) is 13.9. The molecule has 0 spiro atoms. The molecule has 3 rings (SSSR count). The van der Waals surface area contributed by atoms with E-state index in [9.17, 15) is 0 Å². The monoisotopic (exact) mass is 807 g/mol. The van der Waals surface area contributed by atoms with Crippen molar-refractivity contribution in [3.8, 4) is 0 Å². The summed E-state index contributed by atoms with van der Waals surface area (Å²) in [5.74, 6) is 3.53. The van der Waals surface area contributed by atoms with Crippen LogP contribution in [0.25, 0.3) is 0 Å². The summed E-state index contributed by atoms with van der Waals surface area (Å²) in [4.78, 5) is 0. The lowest BCUT2D eigenvalue weighted by Gasteiger charge is -2.30. The van der Waals surface area contributed by atoms with Crippen LogP contribution in [0.1, 0.15) is 276 Å². The van der Waals surface area contributed by atoms with Gasteiger partial charge in [0.05, 0.1) is 0 Å². The highest BCUT2D eigenvalue weighted by Crippen LogP contribution is 2.39. The third-order valence-electron chi connectivity index (χ3n) is 13.9. The highest BCUT2D eigenvalue weighted by atomic mass is 14.3. The lowest BCUT2D eigenvalue weighted by atomic mass is 9.75. The Morgan fingerprint density at radius 3 is 1.37 bits per heavy atom. The molecule has 0 aliphatic heterocycles. The van der Waals surface area contributed by atoms with Gasteiger partial charge in [-0.2, -0.15) is 0 Å². The molecule has 0 bridgehead atoms. The minimum absolute atomic E-state index is 0.555. The van der Waals surface area contributed by atoms with Gasteiger partial charge in [-0.3, -0.25) is 0 Å². The molecule has 0 saturated heterocycles. The van der Waals surface area contributed by atoms with Crippen LogP contribution in [-0.2, 0) is 0 Å². The maximum absolute atomic E-state index is 4.88. The maximum Gasteiger partial charge on any atom is -0.0139 e. The first kappa shape index (κ1) is 52.8. The summed E-state index contributed by atoms with van der Waals surface area (Å²) in [6.45, 7) is 27.8. The Balaban J connectivity index is 0.00000590. The fourth-order valence-corrected chi connectivity index (χ4v) is 9.41. The van der Waals surface area contributed by atoms with Crippen molar-refractivity contribution in [2.45, 2.75) is 253 Å². The van der Waals surface area contributed by atoms with Gasteiger partial charge in [0.1, 0.15) is 0 Å². The molecule has 0 amide bonds. The second kappa shape index (κ2) is 32.4. The van der Waals surface area contributed by atoms with Gasteiger partial charge in [-0.05, 0) is 120 Å². The number of unbranched alkanes of at least 4 members (excludes halogenated alkanes) is 16. The largest absolute Gasteiger partial charge is 0.0953 e. The molecule has 59 heavy (non-hydrogen) atoms. The molecule has 2 aromatic carbocycles. The summed E-state index contributed by atoms with van der Waals surface area (Å²) in [6, 6.07) is 18.7. The molecule has 0 aromatic heterocycles. The molecule has 1 aliphatic carbocycles. The maximum atomic E-state index is 4.88. The van der Waals surface area contributed by atoms with Crippen molar-refractivity contribution < 1.29 is 0 Å². The molecule has 0 heteroatoms. The highest BCUT2D eigenvalue weighted by molar-refractivity contribution is 5.38. The molecule has 0 nitrogen and oxygen atoms in total. The minimum atomic E-state index is 0.555. The Hall–Kier alpha value is -2.34. The lowest BCUT2D eigenvalue weighted by Crippen LogP contribution is -2.17. The van der Waals surface area contributed by atoms with Crippen LogP contribution in [0, 0.1) is 11.8 Å². The van der Waals surface area contributed by atoms with Crippen molar-refractivity contribution in [1.29, 1.82) is 0 Å². The van der Waals surface area contributed by atoms with Gasteiger partial charge in [0.25, 0.3) is 0 Å². The normalized spacial score (nSPS) is 15.0. The van der Waals surface area contributed by atoms with E-state index in [1.54, 1.807) is 5.57 Å². The SMILES string of the molecule is C=C(C1=CC=C(CCCCCCCCCCCCCCCCCCC)CC1)C(CCCC(C)c1cccc(C(C)C)c1)C(C)CCC(C)c1cccc(C(C)C)c1.CC. The lowest BCUT2D eigenvalue weighted by molar-refractivity contribution is 0.337. The highest BCUT2D eigenvalue weighted by Gasteiger charge is 2.24. The first-order valence-corrected chi connectivity index (χ1v) is 25.9. The fraction of sp³-hybridized carbons (Fsp3) is 0.695. The molecule has 4 unspecified atom stereocenters.